The minimum atomic E-state index is -3.85. The molecule has 0 saturated heterocycles. The summed E-state index contributed by atoms with van der Waals surface area (Å²) >= 11 is 0. The Morgan fingerprint density at radius 1 is 0.846 bits per heavy atom. The van der Waals surface area contributed by atoms with Crippen LogP contribution in [-0.2, 0) is 16.6 Å². The molecule has 0 N–H and O–H groups in total. The van der Waals surface area contributed by atoms with Crippen LogP contribution in [0.1, 0.15) is 17.3 Å². The summed E-state index contributed by atoms with van der Waals surface area (Å²) in [6.07, 6.45) is 1.90. The molecule has 1 atom stereocenters. The first-order chi connectivity index (χ1) is 12.5. The summed E-state index contributed by atoms with van der Waals surface area (Å²) in [7, 11) is -3.85. The second kappa shape index (κ2) is 6.34. The second-order valence-corrected chi connectivity index (χ2v) is 8.04. The van der Waals surface area contributed by atoms with Crippen LogP contribution in [0.5, 0.6) is 0 Å². The molecule has 1 aliphatic rings. The van der Waals surface area contributed by atoms with Crippen molar-refractivity contribution in [2.45, 2.75) is 17.5 Å². The highest BCUT2D eigenvalue weighted by molar-refractivity contribution is 7.89. The molecular formula is C19H16F2N2O2S. The zero-order chi connectivity index (χ0) is 18.3. The molecule has 0 spiro atoms. The van der Waals surface area contributed by atoms with Gasteiger partial charge in [0.05, 0.1) is 10.9 Å². The Hall–Kier alpha value is -2.51. The third-order valence-electron chi connectivity index (χ3n) is 4.60. The lowest BCUT2D eigenvalue weighted by molar-refractivity contribution is 0.298. The molecule has 2 heterocycles. The van der Waals surface area contributed by atoms with Gasteiger partial charge in [-0.15, -0.1) is 0 Å². The van der Waals surface area contributed by atoms with Gasteiger partial charge in [-0.2, -0.15) is 4.31 Å². The molecule has 1 aliphatic heterocycles. The highest BCUT2D eigenvalue weighted by Gasteiger charge is 2.37. The van der Waals surface area contributed by atoms with E-state index in [4.69, 9.17) is 0 Å². The summed E-state index contributed by atoms with van der Waals surface area (Å²) < 4.78 is 56.3. The van der Waals surface area contributed by atoms with Crippen molar-refractivity contribution in [3.8, 4) is 0 Å². The van der Waals surface area contributed by atoms with Crippen molar-refractivity contribution in [2.75, 3.05) is 6.54 Å². The van der Waals surface area contributed by atoms with Crippen molar-refractivity contribution in [1.82, 2.24) is 8.87 Å². The molecule has 26 heavy (non-hydrogen) atoms. The second-order valence-electron chi connectivity index (χ2n) is 6.15. The van der Waals surface area contributed by atoms with Crippen LogP contribution in [0.4, 0.5) is 8.78 Å². The Kier molecular flexibility index (Phi) is 4.13. The zero-order valence-electron chi connectivity index (χ0n) is 13.7. The number of hydrogen-bond donors (Lipinski definition) is 0. The fraction of sp³-hybridized carbons (Fsp3) is 0.158. The van der Waals surface area contributed by atoms with Crippen LogP contribution in [-0.4, -0.2) is 23.8 Å². The minimum Gasteiger partial charge on any atom is -0.348 e. The molecule has 0 amide bonds. The molecule has 0 fully saturated rings. The van der Waals surface area contributed by atoms with Gasteiger partial charge in [0, 0.05) is 25.0 Å². The average Bonchev–Trinajstić information content (AvgIpc) is 3.11. The Labute approximate surface area is 150 Å². The van der Waals surface area contributed by atoms with Crippen molar-refractivity contribution in [3.63, 3.8) is 0 Å². The summed E-state index contributed by atoms with van der Waals surface area (Å²) in [6, 6.07) is 13.8. The molecule has 0 unspecified atom stereocenters. The smallest absolute Gasteiger partial charge is 0.244 e. The van der Waals surface area contributed by atoms with E-state index in [0.29, 0.717) is 12.1 Å². The van der Waals surface area contributed by atoms with Crippen LogP contribution >= 0.6 is 0 Å². The third-order valence-corrected chi connectivity index (χ3v) is 6.48. The van der Waals surface area contributed by atoms with E-state index in [0.717, 1.165) is 17.8 Å². The fourth-order valence-electron chi connectivity index (χ4n) is 3.35. The van der Waals surface area contributed by atoms with E-state index >= 15 is 0 Å². The van der Waals surface area contributed by atoms with Crippen molar-refractivity contribution < 1.29 is 17.2 Å². The molecule has 2 aromatic carbocycles. The standard InChI is InChI=1S/C19H16F2N2O2S/c20-15-5-3-14(4-6-15)19-18-2-1-11-22(18)12-13-23(19)26(24,25)17-9-7-16(21)8-10-17/h1-11,19H,12-13H2/t19-/m1/s1. The lowest BCUT2D eigenvalue weighted by Gasteiger charge is -2.36. The fourth-order valence-corrected chi connectivity index (χ4v) is 4.93. The zero-order valence-corrected chi connectivity index (χ0v) is 14.5. The van der Waals surface area contributed by atoms with Gasteiger partial charge in [-0.1, -0.05) is 12.1 Å². The van der Waals surface area contributed by atoms with Gasteiger partial charge < -0.3 is 4.57 Å². The van der Waals surface area contributed by atoms with E-state index in [-0.39, 0.29) is 17.3 Å². The normalized spacial score (nSPS) is 17.8. The molecule has 134 valence electrons. The number of halogens is 2. The highest BCUT2D eigenvalue weighted by Crippen LogP contribution is 2.36. The number of rotatable bonds is 3. The molecule has 3 aromatic rings. The maximum absolute atomic E-state index is 13.4. The first kappa shape index (κ1) is 16.9. The van der Waals surface area contributed by atoms with Crippen molar-refractivity contribution in [3.05, 3.63) is 89.8 Å². The average molecular weight is 374 g/mol. The van der Waals surface area contributed by atoms with Crippen molar-refractivity contribution in [2.24, 2.45) is 0 Å². The predicted octanol–water partition coefficient (Wildman–Crippen LogP) is 3.56. The van der Waals surface area contributed by atoms with E-state index in [9.17, 15) is 17.2 Å². The SMILES string of the molecule is O=S(=O)(c1ccc(F)cc1)N1CCn2cccc2[C@H]1c1ccc(F)cc1. The van der Waals surface area contributed by atoms with Crippen molar-refractivity contribution in [1.29, 1.82) is 0 Å². The largest absolute Gasteiger partial charge is 0.348 e. The third kappa shape index (κ3) is 2.83. The summed E-state index contributed by atoms with van der Waals surface area (Å²) in [5.74, 6) is -0.876. The highest BCUT2D eigenvalue weighted by atomic mass is 32.2. The Balaban J connectivity index is 1.83. The van der Waals surface area contributed by atoms with Crippen LogP contribution in [0.3, 0.4) is 0 Å². The van der Waals surface area contributed by atoms with Gasteiger partial charge in [-0.25, -0.2) is 17.2 Å². The van der Waals surface area contributed by atoms with Gasteiger partial charge in [0.25, 0.3) is 0 Å². The lowest BCUT2D eigenvalue weighted by Crippen LogP contribution is -2.42. The molecule has 1 aromatic heterocycles. The number of fused-ring (bicyclic) bond motifs is 1. The number of benzene rings is 2. The van der Waals surface area contributed by atoms with E-state index in [1.807, 2.05) is 22.9 Å². The first-order valence-electron chi connectivity index (χ1n) is 8.15. The summed E-state index contributed by atoms with van der Waals surface area (Å²) in [6.45, 7) is 0.782. The van der Waals surface area contributed by atoms with Crippen LogP contribution in [0.15, 0.2) is 71.8 Å². The molecular weight excluding hydrogens is 358 g/mol. The molecule has 7 heteroatoms. The summed E-state index contributed by atoms with van der Waals surface area (Å²) in [4.78, 5) is 0.0333. The van der Waals surface area contributed by atoms with Crippen LogP contribution in [0.2, 0.25) is 0 Å². The Bertz CT molecular complexity index is 1030. The van der Waals surface area contributed by atoms with Crippen LogP contribution < -0.4 is 0 Å². The van der Waals surface area contributed by atoms with Gasteiger partial charge in [0.1, 0.15) is 11.6 Å². The van der Waals surface area contributed by atoms with Gasteiger partial charge in [0.15, 0.2) is 0 Å². The monoisotopic (exact) mass is 374 g/mol. The van der Waals surface area contributed by atoms with Gasteiger partial charge in [-0.05, 0) is 54.1 Å². The van der Waals surface area contributed by atoms with E-state index in [2.05, 4.69) is 0 Å². The molecule has 4 nitrogen and oxygen atoms in total. The maximum atomic E-state index is 13.4. The van der Waals surface area contributed by atoms with Gasteiger partial charge >= 0.3 is 0 Å². The molecule has 0 aliphatic carbocycles. The molecule has 0 radical (unpaired) electrons. The summed E-state index contributed by atoms with van der Waals surface area (Å²) in [5.41, 5.74) is 1.49. The molecule has 0 bridgehead atoms. The van der Waals surface area contributed by atoms with Crippen molar-refractivity contribution >= 4 is 10.0 Å². The van der Waals surface area contributed by atoms with Crippen LogP contribution in [0, 0.1) is 11.6 Å². The van der Waals surface area contributed by atoms with Gasteiger partial charge in [-0.3, -0.25) is 0 Å². The topological polar surface area (TPSA) is 42.3 Å². The Morgan fingerprint density at radius 2 is 1.46 bits per heavy atom. The Morgan fingerprint density at radius 3 is 2.12 bits per heavy atom. The number of aromatic nitrogens is 1. The number of nitrogens with zero attached hydrogens (tertiary/aromatic N) is 2. The van der Waals surface area contributed by atoms with Gasteiger partial charge in [0.2, 0.25) is 10.0 Å². The maximum Gasteiger partial charge on any atom is 0.244 e. The predicted molar refractivity (Wildman–Crippen MR) is 93.0 cm³/mol. The lowest BCUT2D eigenvalue weighted by atomic mass is 10.0. The van der Waals surface area contributed by atoms with E-state index in [1.54, 1.807) is 12.1 Å². The number of sulfonamides is 1. The minimum absolute atomic E-state index is 0.0333. The number of hydrogen-bond acceptors (Lipinski definition) is 2. The quantitative estimate of drug-likeness (QED) is 0.704. The molecule has 4 rings (SSSR count). The molecule has 0 saturated carbocycles. The van der Waals surface area contributed by atoms with Crippen LogP contribution in [0.25, 0.3) is 0 Å². The summed E-state index contributed by atoms with van der Waals surface area (Å²) in [5, 5.41) is 0. The van der Waals surface area contributed by atoms with E-state index in [1.165, 1.54) is 28.6 Å². The first-order valence-corrected chi connectivity index (χ1v) is 9.59. The van der Waals surface area contributed by atoms with E-state index < -0.39 is 21.9 Å².